The molecule has 3 rings (SSSR count). The molecule has 0 aliphatic carbocycles. The molecule has 0 radical (unpaired) electrons. The van der Waals surface area contributed by atoms with E-state index in [1.54, 1.807) is 7.05 Å². The minimum Gasteiger partial charge on any atom is -0.355 e. The summed E-state index contributed by atoms with van der Waals surface area (Å²) < 4.78 is 3.33. The molecule has 8 heteroatoms. The second-order valence-corrected chi connectivity index (χ2v) is 9.58. The van der Waals surface area contributed by atoms with E-state index in [2.05, 4.69) is 84.4 Å². The van der Waals surface area contributed by atoms with Crippen molar-refractivity contribution in [1.29, 1.82) is 0 Å². The van der Waals surface area contributed by atoms with E-state index in [0.29, 0.717) is 6.54 Å². The first-order valence-corrected chi connectivity index (χ1v) is 10.4. The molecule has 1 aliphatic heterocycles. The van der Waals surface area contributed by atoms with Crippen LogP contribution in [0.2, 0.25) is 0 Å². The van der Waals surface area contributed by atoms with Gasteiger partial charge in [0.15, 0.2) is 11.8 Å². The van der Waals surface area contributed by atoms with Crippen molar-refractivity contribution in [3.8, 4) is 0 Å². The second kappa shape index (κ2) is 8.43. The van der Waals surface area contributed by atoms with Gasteiger partial charge in [-0.2, -0.15) is 0 Å². The van der Waals surface area contributed by atoms with E-state index in [9.17, 15) is 0 Å². The minimum absolute atomic E-state index is 0.0293. The Balaban J connectivity index is 1.50. The highest BCUT2D eigenvalue weighted by atomic mass is 79.9. The van der Waals surface area contributed by atoms with Crippen LogP contribution in [-0.2, 0) is 19.5 Å². The number of aromatic nitrogens is 3. The van der Waals surface area contributed by atoms with E-state index < -0.39 is 0 Å². The highest BCUT2D eigenvalue weighted by molar-refractivity contribution is 9.10. The maximum Gasteiger partial charge on any atom is 0.191 e. The Bertz CT molecular complexity index is 768. The largest absolute Gasteiger partial charge is 0.355 e. The number of aliphatic imine (C=N–C) groups is 1. The fourth-order valence-electron chi connectivity index (χ4n) is 2.88. The lowest BCUT2D eigenvalue weighted by Crippen LogP contribution is -2.43. The molecule has 140 valence electrons. The second-order valence-electron chi connectivity index (χ2n) is 6.88. The zero-order chi connectivity index (χ0) is 18.6. The third-order valence-corrected chi connectivity index (χ3v) is 5.95. The van der Waals surface area contributed by atoms with E-state index in [1.165, 1.54) is 4.90 Å². The molecule has 1 aromatic carbocycles. The molecule has 2 aromatic rings. The first-order valence-electron chi connectivity index (χ1n) is 8.77. The van der Waals surface area contributed by atoms with Gasteiger partial charge in [0.2, 0.25) is 0 Å². The van der Waals surface area contributed by atoms with Crippen molar-refractivity contribution in [1.82, 2.24) is 25.4 Å². The van der Waals surface area contributed by atoms with Crippen molar-refractivity contribution in [3.05, 3.63) is 40.4 Å². The third-order valence-electron chi connectivity index (χ3n) is 4.21. The van der Waals surface area contributed by atoms with Gasteiger partial charge < -0.3 is 15.2 Å². The number of nitrogens with zero attached hydrogens (tertiary/aromatic N) is 4. The van der Waals surface area contributed by atoms with Crippen LogP contribution in [0.4, 0.5) is 0 Å². The number of aryl methyl sites for hydroxylation is 1. The lowest BCUT2D eigenvalue weighted by atomic mass is 10.2. The molecule has 6 nitrogen and oxygen atoms in total. The summed E-state index contributed by atoms with van der Waals surface area (Å²) >= 11 is 5.33. The lowest BCUT2D eigenvalue weighted by Gasteiger charge is -2.25. The number of guanidine groups is 1. The van der Waals surface area contributed by atoms with Crippen LogP contribution in [0.5, 0.6) is 0 Å². The summed E-state index contributed by atoms with van der Waals surface area (Å²) in [4.78, 5) is 5.58. The van der Waals surface area contributed by atoms with Gasteiger partial charge in [-0.15, -0.1) is 22.0 Å². The molecule has 0 saturated heterocycles. The summed E-state index contributed by atoms with van der Waals surface area (Å²) in [7, 11) is 1.79. The smallest absolute Gasteiger partial charge is 0.191 e. The van der Waals surface area contributed by atoms with Crippen LogP contribution in [0.1, 0.15) is 31.9 Å². The highest BCUT2D eigenvalue weighted by Gasteiger charge is 2.21. The summed E-state index contributed by atoms with van der Waals surface area (Å²) in [5, 5.41) is 15.3. The Kier molecular flexibility index (Phi) is 6.24. The zero-order valence-electron chi connectivity index (χ0n) is 15.4. The van der Waals surface area contributed by atoms with Crippen molar-refractivity contribution in [2.45, 2.75) is 49.4 Å². The average Bonchev–Trinajstić information content (AvgIpc) is 3.21. The predicted octanol–water partition coefficient (Wildman–Crippen LogP) is 3.22. The van der Waals surface area contributed by atoms with Gasteiger partial charge in [0.05, 0.1) is 6.54 Å². The Hall–Kier alpha value is -1.54. The van der Waals surface area contributed by atoms with E-state index in [1.807, 2.05) is 11.8 Å². The molecule has 2 heterocycles. The number of hydrogen-bond acceptors (Lipinski definition) is 4. The van der Waals surface area contributed by atoms with Crippen molar-refractivity contribution in [2.75, 3.05) is 13.6 Å². The Morgan fingerprint density at radius 2 is 2.04 bits per heavy atom. The SMILES string of the molecule is CN=C(NCc1nnc2n1CCC2)NCC(C)(C)Sc1ccc(Br)cc1. The van der Waals surface area contributed by atoms with Crippen molar-refractivity contribution < 1.29 is 0 Å². The number of nitrogens with one attached hydrogen (secondary N) is 2. The quantitative estimate of drug-likeness (QED) is 0.413. The summed E-state index contributed by atoms with van der Waals surface area (Å²) in [5.41, 5.74) is 0. The number of benzene rings is 1. The Labute approximate surface area is 167 Å². The predicted molar refractivity (Wildman–Crippen MR) is 111 cm³/mol. The summed E-state index contributed by atoms with van der Waals surface area (Å²) in [5.74, 6) is 2.85. The molecular weight excluding hydrogens is 412 g/mol. The van der Waals surface area contributed by atoms with E-state index in [0.717, 1.165) is 48.0 Å². The number of fused-ring (bicyclic) bond motifs is 1. The van der Waals surface area contributed by atoms with Crippen LogP contribution in [-0.4, -0.2) is 39.1 Å². The standard InChI is InChI=1S/C18H25BrN6S/c1-18(2,26-14-8-6-13(19)7-9-14)12-22-17(20-3)21-11-16-24-23-15-5-4-10-25(15)16/h6-9H,4-5,10-12H2,1-3H3,(H2,20,21,22). The van der Waals surface area contributed by atoms with E-state index >= 15 is 0 Å². The monoisotopic (exact) mass is 436 g/mol. The maximum absolute atomic E-state index is 4.32. The van der Waals surface area contributed by atoms with Crippen molar-refractivity contribution >= 4 is 33.7 Å². The highest BCUT2D eigenvalue weighted by Crippen LogP contribution is 2.32. The lowest BCUT2D eigenvalue weighted by molar-refractivity contribution is 0.642. The van der Waals surface area contributed by atoms with Gasteiger partial charge in [-0.3, -0.25) is 4.99 Å². The molecule has 0 atom stereocenters. The van der Waals surface area contributed by atoms with Crippen LogP contribution in [0.25, 0.3) is 0 Å². The van der Waals surface area contributed by atoms with Gasteiger partial charge in [0.25, 0.3) is 0 Å². The van der Waals surface area contributed by atoms with Gasteiger partial charge in [0, 0.05) is 40.7 Å². The van der Waals surface area contributed by atoms with E-state index in [-0.39, 0.29) is 4.75 Å². The topological polar surface area (TPSA) is 67.1 Å². The number of thioether (sulfide) groups is 1. The minimum atomic E-state index is 0.0293. The first kappa shape index (κ1) is 19.2. The maximum atomic E-state index is 4.32. The zero-order valence-corrected chi connectivity index (χ0v) is 17.8. The molecule has 2 N–H and O–H groups in total. The molecule has 1 aromatic heterocycles. The number of halogens is 1. The fraction of sp³-hybridized carbons (Fsp3) is 0.500. The van der Waals surface area contributed by atoms with Crippen molar-refractivity contribution in [3.63, 3.8) is 0 Å². The van der Waals surface area contributed by atoms with E-state index in [4.69, 9.17) is 0 Å². The Morgan fingerprint density at radius 1 is 1.27 bits per heavy atom. The van der Waals surface area contributed by atoms with Crippen LogP contribution < -0.4 is 10.6 Å². The van der Waals surface area contributed by atoms with Gasteiger partial charge in [-0.05, 0) is 44.5 Å². The molecular formula is C18H25BrN6S. The van der Waals surface area contributed by atoms with Gasteiger partial charge in [-0.1, -0.05) is 15.9 Å². The summed E-state index contributed by atoms with van der Waals surface area (Å²) in [6.07, 6.45) is 2.19. The average molecular weight is 437 g/mol. The molecule has 26 heavy (non-hydrogen) atoms. The van der Waals surface area contributed by atoms with Gasteiger partial charge in [-0.25, -0.2) is 0 Å². The molecule has 0 bridgehead atoms. The first-order chi connectivity index (χ1) is 12.5. The van der Waals surface area contributed by atoms with Crippen LogP contribution in [0.15, 0.2) is 38.6 Å². The molecule has 0 saturated carbocycles. The van der Waals surface area contributed by atoms with Crippen LogP contribution in [0.3, 0.4) is 0 Å². The molecule has 0 amide bonds. The number of rotatable bonds is 6. The van der Waals surface area contributed by atoms with Crippen molar-refractivity contribution in [2.24, 2.45) is 4.99 Å². The number of hydrogen-bond donors (Lipinski definition) is 2. The Morgan fingerprint density at radius 3 is 2.77 bits per heavy atom. The summed E-state index contributed by atoms with van der Waals surface area (Å²) in [6, 6.07) is 8.41. The molecule has 0 unspecified atom stereocenters. The fourth-order valence-corrected chi connectivity index (χ4v) is 4.20. The normalized spacial score (nSPS) is 14.4. The van der Waals surface area contributed by atoms with Gasteiger partial charge in [0.1, 0.15) is 5.82 Å². The van der Waals surface area contributed by atoms with Gasteiger partial charge >= 0.3 is 0 Å². The molecule has 0 spiro atoms. The van der Waals surface area contributed by atoms with Crippen LogP contribution in [0, 0.1) is 0 Å². The van der Waals surface area contributed by atoms with Crippen LogP contribution >= 0.6 is 27.7 Å². The molecule has 0 fully saturated rings. The molecule has 1 aliphatic rings. The summed E-state index contributed by atoms with van der Waals surface area (Å²) in [6.45, 7) is 6.90. The third kappa shape index (κ3) is 5.01.